The second kappa shape index (κ2) is 4.99. The molecule has 2 rings (SSSR count). The molecule has 1 fully saturated rings. The number of hydrogen-bond donors (Lipinski definition) is 1. The molecule has 0 aromatic carbocycles. The summed E-state index contributed by atoms with van der Waals surface area (Å²) in [7, 11) is 0. The number of carbonyl (C=O) groups excluding carboxylic acids is 1. The van der Waals surface area contributed by atoms with E-state index in [-0.39, 0.29) is 11.6 Å². The molecule has 0 saturated carbocycles. The lowest BCUT2D eigenvalue weighted by Crippen LogP contribution is -2.32. The molecule has 1 N–H and O–H groups in total. The minimum Gasteiger partial charge on any atom is -0.480 e. The van der Waals surface area contributed by atoms with Gasteiger partial charge in [-0.25, -0.2) is 4.68 Å². The number of likely N-dealkylation sites (tertiary alicyclic amines) is 1. The lowest BCUT2D eigenvalue weighted by molar-refractivity contribution is -0.138. The molecule has 7 nitrogen and oxygen atoms in total. The minimum absolute atomic E-state index is 0.109. The standard InChI is InChI=1S/C11H13N3O4/c15-9-4-3-8(12-14(9)7-10(16)17)11(18)13-5-1-2-6-13/h3-4H,1-2,5-7H2,(H,16,17). The summed E-state index contributed by atoms with van der Waals surface area (Å²) in [5.74, 6) is -1.43. The first kappa shape index (κ1) is 12.3. The predicted octanol–water partition coefficient (Wildman–Crippen LogP) is -0.436. The Hall–Kier alpha value is -2.18. The van der Waals surface area contributed by atoms with Crippen molar-refractivity contribution in [3.8, 4) is 0 Å². The molecule has 0 radical (unpaired) electrons. The van der Waals surface area contributed by atoms with Crippen molar-refractivity contribution in [2.24, 2.45) is 0 Å². The molecule has 1 aliphatic heterocycles. The van der Waals surface area contributed by atoms with Crippen LogP contribution in [0.15, 0.2) is 16.9 Å². The highest BCUT2D eigenvalue weighted by Crippen LogP contribution is 2.10. The Kier molecular flexibility index (Phi) is 3.40. The molecule has 0 aliphatic carbocycles. The normalized spacial score (nSPS) is 14.8. The molecule has 0 atom stereocenters. The largest absolute Gasteiger partial charge is 0.480 e. The molecule has 0 bridgehead atoms. The molecule has 7 heteroatoms. The van der Waals surface area contributed by atoms with Gasteiger partial charge in [-0.2, -0.15) is 5.10 Å². The highest BCUT2D eigenvalue weighted by Gasteiger charge is 2.21. The van der Waals surface area contributed by atoms with Crippen LogP contribution in [0.2, 0.25) is 0 Å². The van der Waals surface area contributed by atoms with Gasteiger partial charge in [-0.3, -0.25) is 14.4 Å². The molecular formula is C11H13N3O4. The van der Waals surface area contributed by atoms with E-state index >= 15 is 0 Å². The van der Waals surface area contributed by atoms with Crippen molar-refractivity contribution in [2.45, 2.75) is 19.4 Å². The molecule has 2 heterocycles. The average molecular weight is 251 g/mol. The number of amides is 1. The van der Waals surface area contributed by atoms with Crippen LogP contribution in [0.25, 0.3) is 0 Å². The topological polar surface area (TPSA) is 92.5 Å². The van der Waals surface area contributed by atoms with Crippen LogP contribution in [0.5, 0.6) is 0 Å². The monoisotopic (exact) mass is 251 g/mol. The fourth-order valence-electron chi connectivity index (χ4n) is 1.89. The Bertz CT molecular complexity index is 531. The van der Waals surface area contributed by atoms with Gasteiger partial charge in [-0.05, 0) is 18.9 Å². The van der Waals surface area contributed by atoms with E-state index in [2.05, 4.69) is 5.10 Å². The number of nitrogens with zero attached hydrogens (tertiary/aromatic N) is 3. The Morgan fingerprint density at radius 2 is 1.94 bits per heavy atom. The second-order valence-electron chi connectivity index (χ2n) is 4.11. The van der Waals surface area contributed by atoms with E-state index < -0.39 is 18.1 Å². The number of rotatable bonds is 3. The van der Waals surface area contributed by atoms with Gasteiger partial charge in [0.25, 0.3) is 11.5 Å². The zero-order valence-electron chi connectivity index (χ0n) is 9.70. The smallest absolute Gasteiger partial charge is 0.325 e. The third-order valence-corrected chi connectivity index (χ3v) is 2.76. The van der Waals surface area contributed by atoms with E-state index in [1.54, 1.807) is 4.90 Å². The molecule has 1 saturated heterocycles. The molecular weight excluding hydrogens is 238 g/mol. The number of hydrogen-bond acceptors (Lipinski definition) is 4. The van der Waals surface area contributed by atoms with E-state index in [0.717, 1.165) is 17.5 Å². The fourth-order valence-corrected chi connectivity index (χ4v) is 1.89. The summed E-state index contributed by atoms with van der Waals surface area (Å²) in [6.45, 7) is 0.817. The van der Waals surface area contributed by atoms with Crippen LogP contribution >= 0.6 is 0 Å². The molecule has 1 amide bonds. The lowest BCUT2D eigenvalue weighted by Gasteiger charge is -2.14. The molecule has 1 aromatic rings. The summed E-state index contributed by atoms with van der Waals surface area (Å²) < 4.78 is 0.783. The zero-order valence-corrected chi connectivity index (χ0v) is 9.70. The molecule has 18 heavy (non-hydrogen) atoms. The Morgan fingerprint density at radius 1 is 1.28 bits per heavy atom. The van der Waals surface area contributed by atoms with E-state index in [1.165, 1.54) is 12.1 Å². The summed E-state index contributed by atoms with van der Waals surface area (Å²) in [5, 5.41) is 12.4. The van der Waals surface area contributed by atoms with Crippen LogP contribution in [-0.4, -0.2) is 44.8 Å². The van der Waals surface area contributed by atoms with E-state index in [4.69, 9.17) is 5.11 Å². The summed E-state index contributed by atoms with van der Waals surface area (Å²) in [6, 6.07) is 2.50. The van der Waals surface area contributed by atoms with Crippen molar-refractivity contribution >= 4 is 11.9 Å². The van der Waals surface area contributed by atoms with Crippen molar-refractivity contribution in [1.29, 1.82) is 0 Å². The van der Waals surface area contributed by atoms with Gasteiger partial charge in [0.05, 0.1) is 0 Å². The maximum absolute atomic E-state index is 12.0. The first-order valence-electron chi connectivity index (χ1n) is 5.67. The maximum Gasteiger partial charge on any atom is 0.325 e. The second-order valence-corrected chi connectivity index (χ2v) is 4.11. The first-order chi connectivity index (χ1) is 8.58. The van der Waals surface area contributed by atoms with E-state index in [1.807, 2.05) is 0 Å². The number of aromatic nitrogens is 2. The Balaban J connectivity index is 2.25. The summed E-state index contributed by atoms with van der Waals surface area (Å²) in [4.78, 5) is 35.6. The van der Waals surface area contributed by atoms with Crippen molar-refractivity contribution in [3.05, 3.63) is 28.2 Å². The quantitative estimate of drug-likeness (QED) is 0.786. The van der Waals surface area contributed by atoms with Gasteiger partial charge in [0, 0.05) is 19.2 Å². The molecule has 96 valence electrons. The van der Waals surface area contributed by atoms with Crippen molar-refractivity contribution in [2.75, 3.05) is 13.1 Å². The summed E-state index contributed by atoms with van der Waals surface area (Å²) >= 11 is 0. The van der Waals surface area contributed by atoms with Gasteiger partial charge in [-0.1, -0.05) is 0 Å². The average Bonchev–Trinajstić information content (AvgIpc) is 2.84. The van der Waals surface area contributed by atoms with Crippen LogP contribution < -0.4 is 5.56 Å². The number of carboxylic acids is 1. The van der Waals surface area contributed by atoms with E-state index in [0.29, 0.717) is 13.1 Å². The van der Waals surface area contributed by atoms with Gasteiger partial charge in [0.1, 0.15) is 12.2 Å². The van der Waals surface area contributed by atoms with Crippen LogP contribution in [0.3, 0.4) is 0 Å². The van der Waals surface area contributed by atoms with Crippen LogP contribution in [-0.2, 0) is 11.3 Å². The van der Waals surface area contributed by atoms with Gasteiger partial charge in [-0.15, -0.1) is 0 Å². The van der Waals surface area contributed by atoms with Crippen LogP contribution in [0.4, 0.5) is 0 Å². The van der Waals surface area contributed by atoms with Crippen LogP contribution in [0.1, 0.15) is 23.3 Å². The third kappa shape index (κ3) is 2.55. The number of carbonyl (C=O) groups is 2. The zero-order chi connectivity index (χ0) is 13.1. The summed E-state index contributed by atoms with van der Waals surface area (Å²) in [6.07, 6.45) is 1.92. The van der Waals surface area contributed by atoms with Gasteiger partial charge >= 0.3 is 5.97 Å². The summed E-state index contributed by atoms with van der Waals surface area (Å²) in [5.41, 5.74) is -0.423. The lowest BCUT2D eigenvalue weighted by atomic mass is 10.3. The molecule has 0 spiro atoms. The molecule has 1 aromatic heterocycles. The van der Waals surface area contributed by atoms with Crippen molar-refractivity contribution in [1.82, 2.24) is 14.7 Å². The van der Waals surface area contributed by atoms with Crippen molar-refractivity contribution in [3.63, 3.8) is 0 Å². The van der Waals surface area contributed by atoms with Gasteiger partial charge in [0.15, 0.2) is 0 Å². The first-order valence-corrected chi connectivity index (χ1v) is 5.67. The highest BCUT2D eigenvalue weighted by atomic mass is 16.4. The number of aliphatic carboxylic acids is 1. The number of carboxylic acid groups (broad SMARTS) is 1. The third-order valence-electron chi connectivity index (χ3n) is 2.76. The van der Waals surface area contributed by atoms with Crippen molar-refractivity contribution < 1.29 is 14.7 Å². The Morgan fingerprint density at radius 3 is 2.56 bits per heavy atom. The maximum atomic E-state index is 12.0. The van der Waals surface area contributed by atoms with E-state index in [9.17, 15) is 14.4 Å². The van der Waals surface area contributed by atoms with Gasteiger partial charge < -0.3 is 10.0 Å². The minimum atomic E-state index is -1.17. The molecule has 1 aliphatic rings. The molecule has 0 unspecified atom stereocenters. The predicted molar refractivity (Wildman–Crippen MR) is 61.3 cm³/mol. The van der Waals surface area contributed by atoms with Gasteiger partial charge in [0.2, 0.25) is 0 Å². The fraction of sp³-hybridized carbons (Fsp3) is 0.455. The highest BCUT2D eigenvalue weighted by molar-refractivity contribution is 5.92. The van der Waals surface area contributed by atoms with Crippen LogP contribution in [0, 0.1) is 0 Å². The Labute approximate surface area is 103 Å². The SMILES string of the molecule is O=C(O)Cn1nc(C(=O)N2CCCC2)ccc1=O.